The average Bonchev–Trinajstić information content (AvgIpc) is 2.61. The Kier molecular flexibility index (Phi) is 7.23. The normalized spacial score (nSPS) is 29.2. The van der Waals surface area contributed by atoms with Gasteiger partial charge >= 0.3 is 0 Å². The molecule has 0 aromatic carbocycles. The van der Waals surface area contributed by atoms with Crippen molar-refractivity contribution in [3.8, 4) is 0 Å². The molecular formula is C17H34N2. The molecule has 2 fully saturated rings. The van der Waals surface area contributed by atoms with Crippen LogP contribution in [0.2, 0.25) is 0 Å². The molecule has 0 spiro atoms. The number of rotatable bonds is 4. The third kappa shape index (κ3) is 6.27. The maximum absolute atomic E-state index is 3.91. The molecule has 2 N–H and O–H groups in total. The van der Waals surface area contributed by atoms with Gasteiger partial charge < -0.3 is 10.6 Å². The van der Waals surface area contributed by atoms with Crippen LogP contribution in [0.5, 0.6) is 0 Å². The summed E-state index contributed by atoms with van der Waals surface area (Å²) in [4.78, 5) is 0. The second-order valence-corrected chi connectivity index (χ2v) is 6.85. The molecule has 19 heavy (non-hydrogen) atoms. The average molecular weight is 266 g/mol. The lowest BCUT2D eigenvalue weighted by atomic mass is 9.95. The molecule has 2 nitrogen and oxygen atoms in total. The molecule has 2 aliphatic rings. The lowest BCUT2D eigenvalue weighted by molar-refractivity contribution is 0.327. The molecule has 2 atom stereocenters. The van der Waals surface area contributed by atoms with Crippen LogP contribution < -0.4 is 10.6 Å². The summed E-state index contributed by atoms with van der Waals surface area (Å²) < 4.78 is 0. The fourth-order valence-corrected chi connectivity index (χ4v) is 3.82. The van der Waals surface area contributed by atoms with Crippen LogP contribution in [0.1, 0.15) is 84.0 Å². The molecule has 1 aliphatic carbocycles. The lowest BCUT2D eigenvalue weighted by Crippen LogP contribution is -2.41. The number of nitrogens with one attached hydrogen (secondary N) is 2. The number of hydrogen-bond donors (Lipinski definition) is 2. The van der Waals surface area contributed by atoms with E-state index in [-0.39, 0.29) is 0 Å². The molecule has 0 amide bonds. The second-order valence-electron chi connectivity index (χ2n) is 6.85. The van der Waals surface area contributed by atoms with Crippen molar-refractivity contribution in [1.82, 2.24) is 10.6 Å². The highest BCUT2D eigenvalue weighted by Crippen LogP contribution is 2.19. The zero-order chi connectivity index (χ0) is 13.3. The Morgan fingerprint density at radius 3 is 2.32 bits per heavy atom. The van der Waals surface area contributed by atoms with Gasteiger partial charge in [0.15, 0.2) is 0 Å². The van der Waals surface area contributed by atoms with Crippen LogP contribution in [0, 0.1) is 0 Å². The zero-order valence-corrected chi connectivity index (χ0v) is 12.9. The van der Waals surface area contributed by atoms with E-state index in [2.05, 4.69) is 17.6 Å². The summed E-state index contributed by atoms with van der Waals surface area (Å²) >= 11 is 0. The van der Waals surface area contributed by atoms with Crippen LogP contribution in [0.25, 0.3) is 0 Å². The Morgan fingerprint density at radius 2 is 1.53 bits per heavy atom. The Balaban J connectivity index is 1.67. The molecule has 2 heteroatoms. The SMILES string of the molecule is CC(CC1CCCCCN1)NC1CCCCCCC1. The highest BCUT2D eigenvalue weighted by Gasteiger charge is 2.18. The van der Waals surface area contributed by atoms with E-state index >= 15 is 0 Å². The van der Waals surface area contributed by atoms with Crippen LogP contribution in [-0.4, -0.2) is 24.7 Å². The molecule has 1 aliphatic heterocycles. The van der Waals surface area contributed by atoms with Gasteiger partial charge in [0, 0.05) is 18.1 Å². The maximum Gasteiger partial charge on any atom is 0.00817 e. The minimum atomic E-state index is 0.681. The van der Waals surface area contributed by atoms with Crippen LogP contribution in [-0.2, 0) is 0 Å². The highest BCUT2D eigenvalue weighted by atomic mass is 15.0. The first kappa shape index (κ1) is 15.3. The molecular weight excluding hydrogens is 232 g/mol. The number of hydrogen-bond acceptors (Lipinski definition) is 2. The highest BCUT2D eigenvalue weighted by molar-refractivity contribution is 4.79. The van der Waals surface area contributed by atoms with Crippen LogP contribution in [0.4, 0.5) is 0 Å². The van der Waals surface area contributed by atoms with Crippen molar-refractivity contribution in [1.29, 1.82) is 0 Å². The molecule has 2 unspecified atom stereocenters. The molecule has 1 saturated heterocycles. The standard InChI is InChI=1S/C17H34N2/c1-15(14-17-12-8-5-9-13-18-17)19-16-10-6-3-2-4-7-11-16/h15-19H,2-14H2,1H3. The van der Waals surface area contributed by atoms with Crippen molar-refractivity contribution < 1.29 is 0 Å². The predicted octanol–water partition coefficient (Wildman–Crippen LogP) is 4.00. The molecule has 2 rings (SSSR count). The van der Waals surface area contributed by atoms with Gasteiger partial charge in [-0.2, -0.15) is 0 Å². The largest absolute Gasteiger partial charge is 0.314 e. The topological polar surface area (TPSA) is 24.1 Å². The van der Waals surface area contributed by atoms with Crippen molar-refractivity contribution in [2.45, 2.75) is 102 Å². The van der Waals surface area contributed by atoms with Gasteiger partial charge in [0.2, 0.25) is 0 Å². The molecule has 112 valence electrons. The van der Waals surface area contributed by atoms with Gasteiger partial charge in [0.1, 0.15) is 0 Å². The van der Waals surface area contributed by atoms with E-state index in [1.54, 1.807) is 0 Å². The van der Waals surface area contributed by atoms with E-state index < -0.39 is 0 Å². The van der Waals surface area contributed by atoms with Gasteiger partial charge in [-0.25, -0.2) is 0 Å². The van der Waals surface area contributed by atoms with Crippen molar-refractivity contribution in [2.24, 2.45) is 0 Å². The molecule has 0 radical (unpaired) electrons. The third-order valence-corrected chi connectivity index (χ3v) is 4.93. The van der Waals surface area contributed by atoms with E-state index in [1.165, 1.54) is 83.6 Å². The van der Waals surface area contributed by atoms with Gasteiger partial charge in [0.25, 0.3) is 0 Å². The molecule has 0 aromatic rings. The summed E-state index contributed by atoms with van der Waals surface area (Å²) in [5.41, 5.74) is 0. The van der Waals surface area contributed by atoms with Crippen molar-refractivity contribution in [3.63, 3.8) is 0 Å². The first-order chi connectivity index (χ1) is 9.34. The zero-order valence-electron chi connectivity index (χ0n) is 12.9. The van der Waals surface area contributed by atoms with E-state index in [0.717, 1.165) is 12.1 Å². The summed E-state index contributed by atoms with van der Waals surface area (Å²) in [5, 5.41) is 7.65. The maximum atomic E-state index is 3.91. The van der Waals surface area contributed by atoms with Gasteiger partial charge in [-0.05, 0) is 45.6 Å². The fourth-order valence-electron chi connectivity index (χ4n) is 3.82. The first-order valence-electron chi connectivity index (χ1n) is 8.84. The smallest absolute Gasteiger partial charge is 0.00817 e. The Morgan fingerprint density at radius 1 is 0.895 bits per heavy atom. The van der Waals surface area contributed by atoms with Gasteiger partial charge in [-0.3, -0.25) is 0 Å². The Labute approximate surface area is 120 Å². The Bertz CT molecular complexity index is 213. The monoisotopic (exact) mass is 266 g/mol. The first-order valence-corrected chi connectivity index (χ1v) is 8.84. The van der Waals surface area contributed by atoms with Crippen LogP contribution >= 0.6 is 0 Å². The minimum Gasteiger partial charge on any atom is -0.314 e. The summed E-state index contributed by atoms with van der Waals surface area (Å²) in [7, 11) is 0. The lowest BCUT2D eigenvalue weighted by Gasteiger charge is -2.27. The second kappa shape index (κ2) is 8.97. The molecule has 0 aromatic heterocycles. The molecule has 1 saturated carbocycles. The summed E-state index contributed by atoms with van der Waals surface area (Å²) in [6, 6.07) is 2.24. The third-order valence-electron chi connectivity index (χ3n) is 4.93. The van der Waals surface area contributed by atoms with E-state index in [4.69, 9.17) is 0 Å². The summed E-state index contributed by atoms with van der Waals surface area (Å²) in [5.74, 6) is 0. The van der Waals surface area contributed by atoms with Gasteiger partial charge in [-0.15, -0.1) is 0 Å². The van der Waals surface area contributed by atoms with E-state index in [0.29, 0.717) is 6.04 Å². The predicted molar refractivity (Wildman–Crippen MR) is 83.6 cm³/mol. The van der Waals surface area contributed by atoms with Crippen LogP contribution in [0.15, 0.2) is 0 Å². The van der Waals surface area contributed by atoms with Gasteiger partial charge in [-0.1, -0.05) is 44.9 Å². The van der Waals surface area contributed by atoms with Crippen molar-refractivity contribution in [2.75, 3.05) is 6.54 Å². The molecule has 1 heterocycles. The van der Waals surface area contributed by atoms with Crippen molar-refractivity contribution in [3.05, 3.63) is 0 Å². The van der Waals surface area contributed by atoms with Crippen molar-refractivity contribution >= 4 is 0 Å². The van der Waals surface area contributed by atoms with Gasteiger partial charge in [0.05, 0.1) is 0 Å². The fraction of sp³-hybridized carbons (Fsp3) is 1.00. The molecule has 0 bridgehead atoms. The Hall–Kier alpha value is -0.0800. The van der Waals surface area contributed by atoms with E-state index in [9.17, 15) is 0 Å². The van der Waals surface area contributed by atoms with Crippen LogP contribution in [0.3, 0.4) is 0 Å². The summed E-state index contributed by atoms with van der Waals surface area (Å²) in [6.45, 7) is 3.63. The van der Waals surface area contributed by atoms with E-state index in [1.807, 2.05) is 0 Å². The quantitative estimate of drug-likeness (QED) is 0.803. The minimum absolute atomic E-state index is 0.681. The summed E-state index contributed by atoms with van der Waals surface area (Å²) in [6.07, 6.45) is 17.0.